The molecule has 0 amide bonds. The second-order valence-corrected chi connectivity index (χ2v) is 12.5. The van der Waals surface area contributed by atoms with Crippen LogP contribution in [0.2, 0.25) is 0 Å². The Morgan fingerprint density at radius 1 is 1.04 bits per heavy atom. The molecule has 0 saturated heterocycles. The lowest BCUT2D eigenvalue weighted by atomic mass is 9.97. The summed E-state index contributed by atoms with van der Waals surface area (Å²) in [4.78, 5) is 42.4. The molecule has 0 spiro atoms. The van der Waals surface area contributed by atoms with E-state index in [1.807, 2.05) is 26.0 Å². The molecule has 0 fully saturated rings. The topological polar surface area (TPSA) is 131 Å². The number of aromatic nitrogens is 1. The maximum absolute atomic E-state index is 14.1. The van der Waals surface area contributed by atoms with Crippen LogP contribution in [0, 0.1) is 10.1 Å². The van der Waals surface area contributed by atoms with Crippen LogP contribution < -0.4 is 29.1 Å². The van der Waals surface area contributed by atoms with Gasteiger partial charge in [0.1, 0.15) is 12.4 Å². The van der Waals surface area contributed by atoms with Crippen LogP contribution >= 0.6 is 43.2 Å². The Balaban J connectivity index is 1.60. The summed E-state index contributed by atoms with van der Waals surface area (Å²) in [5, 5.41) is 11.0. The number of halogens is 2. The molecule has 1 aliphatic rings. The van der Waals surface area contributed by atoms with E-state index in [2.05, 4.69) is 36.9 Å². The smallest absolute Gasteiger partial charge is 0.337 e. The third kappa shape index (κ3) is 6.93. The number of fused-ring (bicyclic) bond motifs is 1. The molecule has 0 unspecified atom stereocenters. The minimum Gasteiger partial charge on any atom is -0.490 e. The Bertz CT molecular complexity index is 2020. The minimum atomic E-state index is -0.840. The van der Waals surface area contributed by atoms with Crippen LogP contribution in [0.15, 0.2) is 85.1 Å². The molecule has 5 rings (SSSR count). The zero-order valence-electron chi connectivity index (χ0n) is 24.8. The molecule has 2 heterocycles. The monoisotopic (exact) mass is 771 g/mol. The molecule has 238 valence electrons. The molecule has 0 bridgehead atoms. The Kier molecular flexibility index (Phi) is 10.4. The summed E-state index contributed by atoms with van der Waals surface area (Å²) < 4.78 is 25.9. The second-order valence-electron chi connectivity index (χ2n) is 9.77. The third-order valence-electron chi connectivity index (χ3n) is 6.86. The van der Waals surface area contributed by atoms with Crippen molar-refractivity contribution in [1.82, 2.24) is 4.57 Å². The summed E-state index contributed by atoms with van der Waals surface area (Å²) in [6, 6.07) is 14.2. The molecule has 0 aliphatic carbocycles. The van der Waals surface area contributed by atoms with E-state index in [0.717, 1.165) is 10.0 Å². The van der Waals surface area contributed by atoms with Gasteiger partial charge in [0.2, 0.25) is 0 Å². The highest BCUT2D eigenvalue weighted by Crippen LogP contribution is 2.36. The van der Waals surface area contributed by atoms with E-state index in [4.69, 9.17) is 18.9 Å². The molecular formula is C32H27Br2N3O8S. The summed E-state index contributed by atoms with van der Waals surface area (Å²) in [5.74, 6) is 0.879. The zero-order chi connectivity index (χ0) is 33.0. The highest BCUT2D eigenvalue weighted by Gasteiger charge is 2.31. The van der Waals surface area contributed by atoms with Crippen LogP contribution in [0.25, 0.3) is 6.08 Å². The van der Waals surface area contributed by atoms with Crippen molar-refractivity contribution in [2.75, 3.05) is 20.3 Å². The largest absolute Gasteiger partial charge is 0.490 e. The average molecular weight is 773 g/mol. The average Bonchev–Trinajstić information content (AvgIpc) is 3.35. The summed E-state index contributed by atoms with van der Waals surface area (Å²) in [7, 11) is 1.28. The van der Waals surface area contributed by atoms with E-state index in [1.54, 1.807) is 36.4 Å². The van der Waals surface area contributed by atoms with E-state index >= 15 is 0 Å². The van der Waals surface area contributed by atoms with Crippen molar-refractivity contribution in [2.45, 2.75) is 26.5 Å². The molecule has 1 aliphatic heterocycles. The van der Waals surface area contributed by atoms with E-state index in [1.165, 1.54) is 41.3 Å². The Morgan fingerprint density at radius 3 is 2.43 bits per heavy atom. The van der Waals surface area contributed by atoms with Gasteiger partial charge in [-0.3, -0.25) is 19.5 Å². The first-order valence-corrected chi connectivity index (χ1v) is 16.4. The number of rotatable bonds is 11. The van der Waals surface area contributed by atoms with E-state index in [-0.39, 0.29) is 23.4 Å². The molecule has 46 heavy (non-hydrogen) atoms. The van der Waals surface area contributed by atoms with Crippen molar-refractivity contribution < 1.29 is 28.7 Å². The van der Waals surface area contributed by atoms with Gasteiger partial charge in [-0.25, -0.2) is 9.79 Å². The number of carbonyl (C=O) groups is 1. The van der Waals surface area contributed by atoms with Gasteiger partial charge in [0, 0.05) is 28.4 Å². The summed E-state index contributed by atoms with van der Waals surface area (Å²) in [6.45, 7) is 4.68. The van der Waals surface area contributed by atoms with Gasteiger partial charge < -0.3 is 18.9 Å². The van der Waals surface area contributed by atoms with Crippen molar-refractivity contribution in [2.24, 2.45) is 4.99 Å². The third-order valence-corrected chi connectivity index (χ3v) is 8.91. The molecule has 3 aromatic carbocycles. The van der Waals surface area contributed by atoms with Gasteiger partial charge in [-0.1, -0.05) is 33.3 Å². The van der Waals surface area contributed by atoms with Gasteiger partial charge in [0.05, 0.1) is 45.9 Å². The SMILES string of the molecule is CCOc1ccc([C@H]2C(C(=O)OC)=CN=c3s/c(=C/c4cc(Br)cc(Br)c4OCc4ccc([N+](=O)[O-])cc4)c(=O)n32)cc1OCC. The van der Waals surface area contributed by atoms with Crippen LogP contribution in [0.4, 0.5) is 5.69 Å². The number of thiazole rings is 1. The van der Waals surface area contributed by atoms with Gasteiger partial charge in [-0.05, 0) is 83.4 Å². The highest BCUT2D eigenvalue weighted by molar-refractivity contribution is 9.11. The number of nitro benzene ring substituents is 1. The fraction of sp³-hybridized carbons (Fsp3) is 0.219. The lowest BCUT2D eigenvalue weighted by molar-refractivity contribution is -0.384. The quantitative estimate of drug-likeness (QED) is 0.106. The zero-order valence-corrected chi connectivity index (χ0v) is 28.8. The maximum Gasteiger partial charge on any atom is 0.337 e. The lowest BCUT2D eigenvalue weighted by Crippen LogP contribution is -2.39. The normalized spacial score (nSPS) is 14.2. The number of ether oxygens (including phenoxy) is 4. The molecule has 1 aromatic heterocycles. The molecule has 0 N–H and O–H groups in total. The molecular weight excluding hydrogens is 746 g/mol. The van der Waals surface area contributed by atoms with E-state index in [9.17, 15) is 19.7 Å². The number of non-ortho nitro benzene ring substituents is 1. The fourth-order valence-electron chi connectivity index (χ4n) is 4.84. The number of esters is 1. The highest BCUT2D eigenvalue weighted by atomic mass is 79.9. The fourth-order valence-corrected chi connectivity index (χ4v) is 7.17. The number of benzene rings is 3. The number of nitro groups is 1. The van der Waals surface area contributed by atoms with Crippen molar-refractivity contribution in [3.63, 3.8) is 0 Å². The number of hydrogen-bond donors (Lipinski definition) is 0. The molecule has 0 saturated carbocycles. The van der Waals surface area contributed by atoms with Crippen LogP contribution in [-0.4, -0.2) is 35.8 Å². The van der Waals surface area contributed by atoms with Gasteiger partial charge in [-0.15, -0.1) is 0 Å². The van der Waals surface area contributed by atoms with Crippen LogP contribution in [0.1, 0.15) is 36.6 Å². The predicted octanol–water partition coefficient (Wildman–Crippen LogP) is 5.83. The minimum absolute atomic E-state index is 0.0161. The maximum atomic E-state index is 14.1. The summed E-state index contributed by atoms with van der Waals surface area (Å²) in [6.07, 6.45) is 3.13. The number of nitrogens with zero attached hydrogens (tertiary/aromatic N) is 3. The van der Waals surface area contributed by atoms with Crippen molar-refractivity contribution in [3.8, 4) is 17.2 Å². The number of methoxy groups -OCH3 is 1. The Labute approximate surface area is 283 Å². The van der Waals surface area contributed by atoms with E-state index in [0.29, 0.717) is 55.4 Å². The summed E-state index contributed by atoms with van der Waals surface area (Å²) in [5.41, 5.74) is 1.73. The molecule has 0 radical (unpaired) electrons. The first-order chi connectivity index (χ1) is 22.1. The summed E-state index contributed by atoms with van der Waals surface area (Å²) >= 11 is 8.23. The standard InChI is InChI=1S/C32H27Br2N3O8S/c1-4-43-25-11-8-19(13-26(25)44-5-2)28-23(31(39)42-3)16-35-32-36(28)30(38)27(46-32)14-20-12-21(33)15-24(34)29(20)45-17-18-6-9-22(10-7-18)37(40)41/h6-16,28H,4-5,17H2,1-3H3/b27-14+/t28-/m0/s1. The first-order valence-electron chi connectivity index (χ1n) is 14.0. The number of hydrogen-bond acceptors (Lipinski definition) is 10. The Hall–Kier alpha value is -4.27. The second kappa shape index (κ2) is 14.4. The van der Waals surface area contributed by atoms with Gasteiger partial charge in [0.15, 0.2) is 16.3 Å². The van der Waals surface area contributed by atoms with Gasteiger partial charge >= 0.3 is 5.97 Å². The van der Waals surface area contributed by atoms with Crippen LogP contribution in [-0.2, 0) is 16.1 Å². The molecule has 1 atom stereocenters. The van der Waals surface area contributed by atoms with Crippen molar-refractivity contribution in [1.29, 1.82) is 0 Å². The first kappa shape index (κ1) is 33.1. The molecule has 4 aromatic rings. The Morgan fingerprint density at radius 2 is 1.76 bits per heavy atom. The predicted molar refractivity (Wildman–Crippen MR) is 179 cm³/mol. The molecule has 14 heteroatoms. The lowest BCUT2D eigenvalue weighted by Gasteiger charge is -2.23. The van der Waals surface area contributed by atoms with Crippen molar-refractivity contribution >= 4 is 60.9 Å². The van der Waals surface area contributed by atoms with Gasteiger partial charge in [0.25, 0.3) is 11.2 Å². The van der Waals surface area contributed by atoms with Crippen molar-refractivity contribution in [3.05, 3.63) is 122 Å². The number of carbonyl (C=O) groups excluding carboxylic acids is 1. The molecule has 11 nitrogen and oxygen atoms in total. The van der Waals surface area contributed by atoms with Gasteiger partial charge in [-0.2, -0.15) is 0 Å². The van der Waals surface area contributed by atoms with E-state index < -0.39 is 16.9 Å². The van der Waals surface area contributed by atoms with Crippen LogP contribution in [0.3, 0.4) is 0 Å². The van der Waals surface area contributed by atoms with Crippen LogP contribution in [0.5, 0.6) is 17.2 Å².